The quantitative estimate of drug-likeness (QED) is 0.327. The Morgan fingerprint density at radius 2 is 1.04 bits per heavy atom. The van der Waals surface area contributed by atoms with Crippen molar-refractivity contribution >= 4 is 0 Å². The summed E-state index contributed by atoms with van der Waals surface area (Å²) in [5.74, 6) is 0. The van der Waals surface area contributed by atoms with Crippen molar-refractivity contribution < 1.29 is 40.5 Å². The van der Waals surface area contributed by atoms with Gasteiger partial charge in [0.1, 0.15) is 0 Å². The molecule has 8 nitrogen and oxygen atoms in total. The van der Waals surface area contributed by atoms with Crippen LogP contribution in [0, 0.1) is 5.41 Å². The lowest BCUT2D eigenvalue weighted by Crippen LogP contribution is -2.32. The first-order valence-electron chi connectivity index (χ1n) is 9.11. The van der Waals surface area contributed by atoms with Gasteiger partial charge in [0.25, 0.3) is 0 Å². The molecule has 8 heteroatoms. The molecule has 0 aliphatic heterocycles. The summed E-state index contributed by atoms with van der Waals surface area (Å²) in [6.07, 6.45) is 4.42. The van der Waals surface area contributed by atoms with Crippen LogP contribution in [0.15, 0.2) is 0 Å². The highest BCUT2D eigenvalue weighted by Crippen LogP contribution is 2.35. The number of methoxy groups -OCH3 is 1. The van der Waals surface area contributed by atoms with Gasteiger partial charge in [-0.1, -0.05) is 19.3 Å². The smallest absolute Gasteiger partial charge is 0.0742 e. The van der Waals surface area contributed by atoms with E-state index in [-0.39, 0.29) is 25.2 Å². The molecular formula is C18H42O8. The van der Waals surface area contributed by atoms with Crippen molar-refractivity contribution in [3.05, 3.63) is 0 Å². The number of hydrogen-bond donors (Lipinski definition) is 7. The lowest BCUT2D eigenvalue weighted by molar-refractivity contribution is 0.00283. The molecule has 0 heterocycles. The average Bonchev–Trinajstić information content (AvgIpc) is 2.64. The molecule has 0 aromatic heterocycles. The van der Waals surface area contributed by atoms with Gasteiger partial charge in [0.2, 0.25) is 0 Å². The Bertz CT molecular complexity index is 229. The Hall–Kier alpha value is -0.320. The van der Waals surface area contributed by atoms with Crippen LogP contribution in [0.1, 0.15) is 52.9 Å². The highest BCUT2D eigenvalue weighted by atomic mass is 16.5. The molecule has 3 unspecified atom stereocenters. The average molecular weight is 387 g/mol. The summed E-state index contributed by atoms with van der Waals surface area (Å²) in [6.45, 7) is 5.18. The first-order chi connectivity index (χ1) is 12.1. The topological polar surface area (TPSA) is 151 Å². The molecule has 1 saturated carbocycles. The number of rotatable bonds is 6. The predicted molar refractivity (Wildman–Crippen MR) is 101 cm³/mol. The first-order valence-corrected chi connectivity index (χ1v) is 9.11. The van der Waals surface area contributed by atoms with Crippen molar-refractivity contribution in [2.24, 2.45) is 5.41 Å². The van der Waals surface area contributed by atoms with Crippen LogP contribution in [0.4, 0.5) is 0 Å². The molecule has 0 aromatic carbocycles. The van der Waals surface area contributed by atoms with Crippen LogP contribution in [0.2, 0.25) is 0 Å². The second kappa shape index (κ2) is 21.0. The summed E-state index contributed by atoms with van der Waals surface area (Å²) >= 11 is 0. The Labute approximate surface area is 158 Å². The summed E-state index contributed by atoms with van der Waals surface area (Å²) in [5.41, 5.74) is 0.104. The Kier molecular flexibility index (Phi) is 24.5. The molecule has 1 rings (SSSR count). The molecule has 0 amide bonds. The van der Waals surface area contributed by atoms with Gasteiger partial charge >= 0.3 is 0 Å². The molecule has 3 atom stereocenters. The maximum atomic E-state index is 9.19. The Morgan fingerprint density at radius 3 is 1.23 bits per heavy atom. The van der Waals surface area contributed by atoms with Gasteiger partial charge in [-0.15, -0.1) is 0 Å². The molecule has 26 heavy (non-hydrogen) atoms. The molecule has 0 saturated heterocycles. The minimum Gasteiger partial charge on any atom is -0.396 e. The molecule has 0 bridgehead atoms. The fraction of sp³-hybridized carbons (Fsp3) is 1.00. The fourth-order valence-electron chi connectivity index (χ4n) is 1.96. The number of ether oxygens (including phenoxy) is 1. The predicted octanol–water partition coefficient (Wildman–Crippen LogP) is -0.346. The molecule has 0 aromatic rings. The van der Waals surface area contributed by atoms with Gasteiger partial charge in [-0.2, -0.15) is 0 Å². The third-order valence-corrected chi connectivity index (χ3v) is 3.49. The van der Waals surface area contributed by atoms with Gasteiger partial charge in [0.05, 0.1) is 51.3 Å². The molecule has 162 valence electrons. The van der Waals surface area contributed by atoms with E-state index < -0.39 is 18.3 Å². The van der Waals surface area contributed by atoms with Crippen molar-refractivity contribution in [1.29, 1.82) is 0 Å². The zero-order valence-corrected chi connectivity index (χ0v) is 16.8. The van der Waals surface area contributed by atoms with Crippen LogP contribution in [0.5, 0.6) is 0 Å². The second-order valence-corrected chi connectivity index (χ2v) is 6.75. The summed E-state index contributed by atoms with van der Waals surface area (Å²) in [7, 11) is 1.71. The van der Waals surface area contributed by atoms with Crippen LogP contribution in [-0.2, 0) is 4.74 Å². The zero-order chi connectivity index (χ0) is 21.0. The largest absolute Gasteiger partial charge is 0.396 e. The lowest BCUT2D eigenvalue weighted by atomic mass is 9.75. The van der Waals surface area contributed by atoms with Gasteiger partial charge in [0, 0.05) is 12.5 Å². The number of aliphatic hydroxyl groups excluding tert-OH is 7. The van der Waals surface area contributed by atoms with Gasteiger partial charge in [0.15, 0.2) is 0 Å². The number of hydrogen-bond acceptors (Lipinski definition) is 8. The first kappa shape index (κ1) is 30.4. The van der Waals surface area contributed by atoms with Crippen LogP contribution in [0.25, 0.3) is 0 Å². The van der Waals surface area contributed by atoms with Crippen molar-refractivity contribution in [3.63, 3.8) is 0 Å². The summed E-state index contributed by atoms with van der Waals surface area (Å²) in [6, 6.07) is 0. The third kappa shape index (κ3) is 23.7. The second-order valence-electron chi connectivity index (χ2n) is 6.75. The summed E-state index contributed by atoms with van der Waals surface area (Å²) in [5, 5.41) is 57.2. The molecule has 1 fully saturated rings. The van der Waals surface area contributed by atoms with Crippen LogP contribution in [0.3, 0.4) is 0 Å². The minimum absolute atomic E-state index is 0.104. The van der Waals surface area contributed by atoms with Gasteiger partial charge in [-0.05, 0) is 33.6 Å². The van der Waals surface area contributed by atoms with Gasteiger partial charge in [-0.25, -0.2) is 0 Å². The highest BCUT2D eigenvalue weighted by molar-refractivity contribution is 4.81. The molecule has 1 aliphatic carbocycles. The molecular weight excluding hydrogens is 344 g/mol. The van der Waals surface area contributed by atoms with E-state index in [1.807, 2.05) is 0 Å². The van der Waals surface area contributed by atoms with E-state index in [9.17, 15) is 5.11 Å². The molecule has 7 N–H and O–H groups in total. The van der Waals surface area contributed by atoms with Crippen LogP contribution in [-0.4, -0.2) is 94.2 Å². The molecule has 0 spiro atoms. The summed E-state index contributed by atoms with van der Waals surface area (Å²) in [4.78, 5) is 0. The maximum absolute atomic E-state index is 9.19. The Balaban J connectivity index is -0.000000300. The van der Waals surface area contributed by atoms with E-state index in [4.69, 9.17) is 35.4 Å². The normalized spacial score (nSPS) is 18.6. The summed E-state index contributed by atoms with van der Waals surface area (Å²) < 4.78 is 5.12. The molecule has 1 aliphatic rings. The third-order valence-electron chi connectivity index (χ3n) is 3.49. The van der Waals surface area contributed by atoms with Crippen molar-refractivity contribution in [3.8, 4) is 0 Å². The monoisotopic (exact) mass is 386 g/mol. The van der Waals surface area contributed by atoms with Crippen molar-refractivity contribution in [2.75, 3.05) is 40.1 Å². The van der Waals surface area contributed by atoms with E-state index in [2.05, 4.69) is 0 Å². The van der Waals surface area contributed by atoms with Gasteiger partial charge in [-0.3, -0.25) is 0 Å². The SMILES string of the molecule is CC(O)CO.CC(O)CO.CC(O)CO.COCC1(CO)CCCCC1. The van der Waals surface area contributed by atoms with E-state index >= 15 is 0 Å². The van der Waals surface area contributed by atoms with E-state index in [0.717, 1.165) is 19.4 Å². The lowest BCUT2D eigenvalue weighted by Gasteiger charge is -2.34. The minimum atomic E-state index is -0.560. The maximum Gasteiger partial charge on any atom is 0.0742 e. The highest BCUT2D eigenvalue weighted by Gasteiger charge is 2.30. The van der Waals surface area contributed by atoms with Gasteiger partial charge < -0.3 is 40.5 Å². The van der Waals surface area contributed by atoms with Crippen molar-refractivity contribution in [2.45, 2.75) is 71.2 Å². The van der Waals surface area contributed by atoms with Crippen LogP contribution < -0.4 is 0 Å². The van der Waals surface area contributed by atoms with Crippen LogP contribution >= 0.6 is 0 Å². The zero-order valence-electron chi connectivity index (χ0n) is 16.8. The van der Waals surface area contributed by atoms with E-state index in [0.29, 0.717) is 6.61 Å². The Morgan fingerprint density at radius 1 is 0.731 bits per heavy atom. The standard InChI is InChI=1S/C9H18O2.3C3H8O2/c1-11-8-9(7-10)5-3-2-4-6-9;3*1-3(5)2-4/h10H,2-8H2,1H3;3*3-5H,2H2,1H3. The van der Waals surface area contributed by atoms with Crippen molar-refractivity contribution in [1.82, 2.24) is 0 Å². The number of aliphatic hydroxyl groups is 7. The van der Waals surface area contributed by atoms with E-state index in [1.54, 1.807) is 7.11 Å². The van der Waals surface area contributed by atoms with E-state index in [1.165, 1.54) is 40.0 Å². The fourth-order valence-corrected chi connectivity index (χ4v) is 1.96. The molecule has 0 radical (unpaired) electrons.